The number of aliphatic hydroxyl groups is 5. The Morgan fingerprint density at radius 3 is 2.23 bits per heavy atom. The number of hydrogen-bond acceptors (Lipinski definition) is 14. The maximum absolute atomic E-state index is 12.7. The first kappa shape index (κ1) is 28.1. The monoisotopic (exact) mass is 564 g/mol. The molecule has 0 amide bonds. The van der Waals surface area contributed by atoms with E-state index in [1.165, 1.54) is 31.2 Å². The topological polar surface area (TPSA) is 229 Å². The minimum Gasteiger partial charge on any atom is -0.508 e. The summed E-state index contributed by atoms with van der Waals surface area (Å²) in [7, 11) is 0. The van der Waals surface area contributed by atoms with E-state index in [1.807, 2.05) is 0 Å². The van der Waals surface area contributed by atoms with Crippen LogP contribution in [0.2, 0.25) is 0 Å². The number of fused-ring (bicyclic) bond motifs is 1. The summed E-state index contributed by atoms with van der Waals surface area (Å²) < 4.78 is 27.7. The van der Waals surface area contributed by atoms with Crippen LogP contribution in [-0.4, -0.2) is 103 Å². The zero-order chi connectivity index (χ0) is 28.9. The summed E-state index contributed by atoms with van der Waals surface area (Å²) in [5.41, 5.74) is -0.411. The molecule has 3 heterocycles. The van der Waals surface area contributed by atoms with Crippen molar-refractivity contribution in [2.45, 2.75) is 62.2 Å². The first-order valence-corrected chi connectivity index (χ1v) is 12.3. The van der Waals surface area contributed by atoms with E-state index in [0.29, 0.717) is 5.56 Å². The molecule has 14 heteroatoms. The van der Waals surface area contributed by atoms with Gasteiger partial charge in [0.15, 0.2) is 23.2 Å². The van der Waals surface area contributed by atoms with Gasteiger partial charge in [-0.3, -0.25) is 4.79 Å². The van der Waals surface area contributed by atoms with Crippen LogP contribution in [0.4, 0.5) is 0 Å². The van der Waals surface area contributed by atoms with Gasteiger partial charge in [0.25, 0.3) is 0 Å². The minimum atomic E-state index is -1.79. The standard InChI is InChI=1S/C26H28O14/c1-9-24(40-25-22(34)18(30)13(29)8-36-25)21(33)23(35)26(37-9)39-16-7-15-17(20(32)19(16)31)12(28)6-14(38-15)10-2-4-11(27)5-3-10/h2-7,9,13,18,21-27,29-35H,8H2,1H3. The van der Waals surface area contributed by atoms with E-state index in [0.717, 1.165) is 12.1 Å². The number of phenols is 3. The Labute approximate surface area is 225 Å². The number of aliphatic hydroxyl groups excluding tert-OH is 5. The van der Waals surface area contributed by atoms with Crippen LogP contribution in [0.25, 0.3) is 22.3 Å². The Hall–Kier alpha value is -3.47. The highest BCUT2D eigenvalue weighted by Gasteiger charge is 2.48. The molecule has 9 unspecified atom stereocenters. The lowest BCUT2D eigenvalue weighted by molar-refractivity contribution is -0.334. The lowest BCUT2D eigenvalue weighted by Gasteiger charge is -2.44. The van der Waals surface area contributed by atoms with Crippen LogP contribution in [0.1, 0.15) is 6.92 Å². The van der Waals surface area contributed by atoms with Crippen LogP contribution in [0.5, 0.6) is 23.0 Å². The van der Waals surface area contributed by atoms with E-state index >= 15 is 0 Å². The third kappa shape index (κ3) is 5.07. The molecular weight excluding hydrogens is 536 g/mol. The van der Waals surface area contributed by atoms with E-state index < -0.39 is 78.0 Å². The fourth-order valence-electron chi connectivity index (χ4n) is 4.60. The third-order valence-electron chi connectivity index (χ3n) is 6.85. The molecule has 8 N–H and O–H groups in total. The molecule has 0 radical (unpaired) electrons. The van der Waals surface area contributed by atoms with Crippen molar-refractivity contribution in [3.63, 3.8) is 0 Å². The maximum atomic E-state index is 12.7. The fraction of sp³-hybridized carbons (Fsp3) is 0.423. The van der Waals surface area contributed by atoms with Crippen molar-refractivity contribution in [3.05, 3.63) is 46.6 Å². The molecule has 3 aromatic rings. The van der Waals surface area contributed by atoms with Gasteiger partial charge in [-0.2, -0.15) is 0 Å². The van der Waals surface area contributed by atoms with E-state index in [9.17, 15) is 45.6 Å². The molecule has 9 atom stereocenters. The molecule has 2 saturated heterocycles. The zero-order valence-electron chi connectivity index (χ0n) is 20.9. The van der Waals surface area contributed by atoms with Crippen molar-refractivity contribution >= 4 is 11.0 Å². The minimum absolute atomic E-state index is 0.000862. The van der Waals surface area contributed by atoms with Crippen molar-refractivity contribution in [2.24, 2.45) is 0 Å². The van der Waals surface area contributed by atoms with Gasteiger partial charge in [-0.1, -0.05) is 0 Å². The number of rotatable bonds is 5. The Balaban J connectivity index is 1.39. The summed E-state index contributed by atoms with van der Waals surface area (Å²) in [5.74, 6) is -2.04. The molecule has 0 bridgehead atoms. The number of aromatic hydroxyl groups is 3. The summed E-state index contributed by atoms with van der Waals surface area (Å²) in [4.78, 5) is 12.7. The normalized spacial score (nSPS) is 32.7. The summed E-state index contributed by atoms with van der Waals surface area (Å²) >= 11 is 0. The smallest absolute Gasteiger partial charge is 0.229 e. The molecule has 0 spiro atoms. The molecule has 5 rings (SSSR count). The summed E-state index contributed by atoms with van der Waals surface area (Å²) in [6, 6.07) is 7.99. The van der Waals surface area contributed by atoms with Crippen LogP contribution in [0.3, 0.4) is 0 Å². The summed E-state index contributed by atoms with van der Waals surface area (Å²) in [6.45, 7) is 1.11. The Bertz CT molecular complexity index is 1420. The largest absolute Gasteiger partial charge is 0.508 e. The van der Waals surface area contributed by atoms with Gasteiger partial charge in [-0.05, 0) is 31.2 Å². The van der Waals surface area contributed by atoms with Gasteiger partial charge in [0.05, 0.1) is 12.7 Å². The zero-order valence-corrected chi connectivity index (χ0v) is 20.9. The van der Waals surface area contributed by atoms with Gasteiger partial charge in [-0.25, -0.2) is 0 Å². The van der Waals surface area contributed by atoms with Gasteiger partial charge < -0.3 is 64.2 Å². The predicted molar refractivity (Wildman–Crippen MR) is 133 cm³/mol. The average Bonchev–Trinajstić information content (AvgIpc) is 2.92. The van der Waals surface area contributed by atoms with Crippen molar-refractivity contribution in [2.75, 3.05) is 6.61 Å². The van der Waals surface area contributed by atoms with Gasteiger partial charge in [0, 0.05) is 17.7 Å². The predicted octanol–water partition coefficient (Wildman–Crippen LogP) is -0.754. The molecule has 0 saturated carbocycles. The molecule has 40 heavy (non-hydrogen) atoms. The molecule has 2 aliphatic rings. The Morgan fingerprint density at radius 1 is 0.850 bits per heavy atom. The van der Waals surface area contributed by atoms with E-state index in [1.54, 1.807) is 0 Å². The molecule has 1 aromatic heterocycles. The van der Waals surface area contributed by atoms with Crippen molar-refractivity contribution < 1.29 is 64.2 Å². The highest BCUT2D eigenvalue weighted by atomic mass is 16.7. The molecule has 2 aromatic carbocycles. The third-order valence-corrected chi connectivity index (χ3v) is 6.85. The summed E-state index contributed by atoms with van der Waals surface area (Å²) in [6.07, 6.45) is -13.3. The molecule has 2 aliphatic heterocycles. The Morgan fingerprint density at radius 2 is 1.52 bits per heavy atom. The number of benzene rings is 2. The van der Waals surface area contributed by atoms with Crippen molar-refractivity contribution in [1.82, 2.24) is 0 Å². The highest BCUT2D eigenvalue weighted by molar-refractivity contribution is 5.89. The van der Waals surface area contributed by atoms with Crippen molar-refractivity contribution in [1.29, 1.82) is 0 Å². The van der Waals surface area contributed by atoms with Gasteiger partial charge >= 0.3 is 0 Å². The van der Waals surface area contributed by atoms with Crippen LogP contribution >= 0.6 is 0 Å². The molecule has 14 nitrogen and oxygen atoms in total. The number of ether oxygens (including phenoxy) is 4. The van der Waals surface area contributed by atoms with E-state index in [4.69, 9.17) is 23.4 Å². The molecular formula is C26H28O14. The average molecular weight is 564 g/mol. The highest BCUT2D eigenvalue weighted by Crippen LogP contribution is 2.43. The van der Waals surface area contributed by atoms with E-state index in [2.05, 4.69) is 0 Å². The second kappa shape index (κ2) is 10.8. The maximum Gasteiger partial charge on any atom is 0.229 e. The molecule has 0 aliphatic carbocycles. The van der Waals surface area contributed by atoms with Crippen molar-refractivity contribution in [3.8, 4) is 34.3 Å². The first-order chi connectivity index (χ1) is 19.0. The van der Waals surface area contributed by atoms with Crippen LogP contribution < -0.4 is 10.2 Å². The van der Waals surface area contributed by atoms with Crippen LogP contribution in [0, 0.1) is 0 Å². The second-order valence-electron chi connectivity index (χ2n) is 9.63. The SMILES string of the molecule is CC1OC(Oc2cc3oc(-c4ccc(O)cc4)cc(=O)c3c(O)c2O)C(O)C(O)C1OC1OCC(O)C(O)C1O. The molecule has 2 fully saturated rings. The molecule has 216 valence electrons. The summed E-state index contributed by atoms with van der Waals surface area (Å²) in [5, 5.41) is 81.3. The first-order valence-electron chi connectivity index (χ1n) is 12.3. The second-order valence-corrected chi connectivity index (χ2v) is 9.63. The quantitative estimate of drug-likeness (QED) is 0.178. The van der Waals surface area contributed by atoms with Gasteiger partial charge in [0.1, 0.15) is 59.1 Å². The van der Waals surface area contributed by atoms with Crippen LogP contribution in [0.15, 0.2) is 45.6 Å². The lowest BCUT2D eigenvalue weighted by atomic mass is 9.99. The van der Waals surface area contributed by atoms with Crippen LogP contribution in [-0.2, 0) is 14.2 Å². The van der Waals surface area contributed by atoms with Gasteiger partial charge in [0.2, 0.25) is 12.0 Å². The lowest BCUT2D eigenvalue weighted by Crippen LogP contribution is -2.62. The Kier molecular flexibility index (Phi) is 7.60. The number of phenolic OH excluding ortho intramolecular Hbond substituents is 3. The fourth-order valence-corrected chi connectivity index (χ4v) is 4.60. The van der Waals surface area contributed by atoms with Gasteiger partial charge in [-0.15, -0.1) is 0 Å². The van der Waals surface area contributed by atoms with E-state index in [-0.39, 0.29) is 29.1 Å². The number of hydrogen-bond donors (Lipinski definition) is 8.